The Morgan fingerprint density at radius 2 is 2.00 bits per heavy atom. The van der Waals surface area contributed by atoms with Crippen LogP contribution in [0.5, 0.6) is 0 Å². The van der Waals surface area contributed by atoms with Crippen LogP contribution in [-0.4, -0.2) is 39.1 Å². The van der Waals surface area contributed by atoms with E-state index in [0.717, 1.165) is 24.0 Å². The van der Waals surface area contributed by atoms with Crippen molar-refractivity contribution in [2.24, 2.45) is 11.1 Å². The molecule has 0 saturated heterocycles. The zero-order chi connectivity index (χ0) is 20.3. The summed E-state index contributed by atoms with van der Waals surface area (Å²) in [4.78, 5) is 1.98. The third-order valence-corrected chi connectivity index (χ3v) is 8.15. The van der Waals surface area contributed by atoms with Crippen molar-refractivity contribution in [3.05, 3.63) is 23.0 Å². The molecule has 1 aromatic rings. The van der Waals surface area contributed by atoms with E-state index in [0.29, 0.717) is 17.3 Å². The summed E-state index contributed by atoms with van der Waals surface area (Å²) in [5, 5.41) is 20.4. The maximum atomic E-state index is 11.8. The Hall–Kier alpha value is -2.43. The Kier molecular flexibility index (Phi) is 7.39. The first-order valence-electron chi connectivity index (χ1n) is 9.94. The number of rotatable bonds is 5. The fourth-order valence-corrected chi connectivity index (χ4v) is 6.13. The summed E-state index contributed by atoms with van der Waals surface area (Å²) in [5.74, 6) is 1.48. The molecule has 0 amide bonds. The smallest absolute Gasteiger partial charge is 0.238 e. The summed E-state index contributed by atoms with van der Waals surface area (Å²) in [7, 11) is -1.95. The Labute approximate surface area is 172 Å². The van der Waals surface area contributed by atoms with Crippen LogP contribution < -0.4 is 10.0 Å². The maximum Gasteiger partial charge on any atom is 0.238 e. The number of benzene rings is 1. The average molecular weight is 684 g/mol. The van der Waals surface area contributed by atoms with Gasteiger partial charge >= 0.3 is 0 Å². The number of fused-ring (bicyclic) bond motifs is 1. The van der Waals surface area contributed by atoms with Crippen molar-refractivity contribution in [2.75, 3.05) is 24.2 Å². The van der Waals surface area contributed by atoms with Gasteiger partial charge in [-0.2, -0.15) is 17.0 Å². The quantitative estimate of drug-likeness (QED) is 0.504. The van der Waals surface area contributed by atoms with Gasteiger partial charge in [0.1, 0.15) is 0 Å². The second kappa shape index (κ2) is 9.38. The molecule has 29 heavy (non-hydrogen) atoms. The molecular weight excluding hydrogens is 654 g/mol. The van der Waals surface area contributed by atoms with Gasteiger partial charge < -0.3 is 10.2 Å². The predicted molar refractivity (Wildman–Crippen MR) is 116 cm³/mol. The van der Waals surface area contributed by atoms with Gasteiger partial charge in [0.15, 0.2) is 0 Å². The standard InChI is InChI=1S/C20H29N4O2S2.Lr/c1-14-15(8-9-27-17-6-4-3-5-7-17)13-24(2)19-11-18(28(22,25)26)10-16(12-21)20(19)23-14;/h10-11,14-15,17H,3-9,13H2,1-2H3,(H2,22,25,26);/q-1;/t14?,15-;/m1./s1. The number of thioether (sulfide) groups is 1. The van der Waals surface area contributed by atoms with E-state index in [1.54, 1.807) is 6.07 Å². The number of nitrogens with zero attached hydrogens (tertiary/aromatic N) is 3. The maximum absolute atomic E-state index is 11.8. The van der Waals surface area contributed by atoms with Gasteiger partial charge in [0.25, 0.3) is 0 Å². The van der Waals surface area contributed by atoms with E-state index >= 15 is 0 Å². The molecule has 3 rings (SSSR count). The van der Waals surface area contributed by atoms with E-state index in [9.17, 15) is 13.7 Å². The van der Waals surface area contributed by atoms with Gasteiger partial charge in [-0.05, 0) is 43.1 Å². The molecule has 1 radical (unpaired) electrons. The van der Waals surface area contributed by atoms with Crippen molar-refractivity contribution >= 4 is 33.2 Å². The molecule has 2 aliphatic rings. The minimum atomic E-state index is -3.88. The SMILES string of the molecule is CC1[N-]c2c(C#N)cc(S(N)(=O)=O)cc2N(C)C[C@H]1CCSC1CCCCC1.[Lr]. The molecule has 1 heterocycles. The minimum absolute atomic E-state index is 0. The van der Waals surface area contributed by atoms with E-state index in [1.165, 1.54) is 38.2 Å². The Balaban J connectivity index is 0.00000300. The molecule has 2 N–H and O–H groups in total. The molecule has 1 saturated carbocycles. The molecule has 1 unspecified atom stereocenters. The fraction of sp³-hybridized carbons (Fsp3) is 0.650. The van der Waals surface area contributed by atoms with Crippen LogP contribution in [0.25, 0.3) is 5.32 Å². The van der Waals surface area contributed by atoms with Gasteiger partial charge in [0.05, 0.1) is 11.0 Å². The summed E-state index contributed by atoms with van der Waals surface area (Å²) in [6.07, 6.45) is 7.82. The summed E-state index contributed by atoms with van der Waals surface area (Å²) >= 11 is 2.09. The van der Waals surface area contributed by atoms with E-state index < -0.39 is 10.0 Å². The van der Waals surface area contributed by atoms with Gasteiger partial charge in [0.2, 0.25) is 10.0 Å². The number of nitriles is 1. The molecular formula is C20H29LrN4O2S2-. The normalized spacial score (nSPS) is 22.6. The Morgan fingerprint density at radius 1 is 1.31 bits per heavy atom. The van der Waals surface area contributed by atoms with Crippen molar-refractivity contribution < 1.29 is 8.42 Å². The van der Waals surface area contributed by atoms with Gasteiger partial charge in [-0.1, -0.05) is 31.9 Å². The number of anilines is 1. The topological polar surface area (TPSA) is 101 Å². The first-order chi connectivity index (χ1) is 13.3. The van der Waals surface area contributed by atoms with Crippen LogP contribution in [0.3, 0.4) is 0 Å². The van der Waals surface area contributed by atoms with Crippen molar-refractivity contribution in [1.82, 2.24) is 0 Å². The average Bonchev–Trinajstić information content (AvgIpc) is 2.78. The number of hydrogen-bond acceptors (Lipinski definition) is 5. The molecule has 1 aromatic carbocycles. The monoisotopic (exact) mass is 683 g/mol. The van der Waals surface area contributed by atoms with Gasteiger partial charge in [0, 0.05) is 30.1 Å². The van der Waals surface area contributed by atoms with Gasteiger partial charge in [-0.15, -0.1) is 6.04 Å². The number of primary sulfonamides is 1. The predicted octanol–water partition coefficient (Wildman–Crippen LogP) is 4.12. The Morgan fingerprint density at radius 3 is 2.62 bits per heavy atom. The van der Waals surface area contributed by atoms with E-state index in [4.69, 9.17) is 10.5 Å². The first kappa shape index (κ1) is 22.9. The van der Waals surface area contributed by atoms with E-state index in [1.807, 2.05) is 11.9 Å². The van der Waals surface area contributed by atoms with E-state index in [-0.39, 0.29) is 16.5 Å². The van der Waals surface area contributed by atoms with Crippen molar-refractivity contribution in [3.8, 4) is 6.07 Å². The number of sulfonamides is 1. The van der Waals surface area contributed by atoms with Crippen LogP contribution in [-0.2, 0) is 10.0 Å². The van der Waals surface area contributed by atoms with Crippen molar-refractivity contribution in [2.45, 2.75) is 61.6 Å². The van der Waals surface area contributed by atoms with Gasteiger partial charge in [-0.25, -0.2) is 13.6 Å². The van der Waals surface area contributed by atoms with Crippen LogP contribution >= 0.6 is 11.8 Å². The number of nitrogens with two attached hydrogens (primary N) is 1. The molecule has 0 aromatic heterocycles. The summed E-state index contributed by atoms with van der Waals surface area (Å²) in [6.45, 7) is 2.87. The summed E-state index contributed by atoms with van der Waals surface area (Å²) < 4.78 is 23.6. The molecule has 169 valence electrons. The van der Waals surface area contributed by atoms with Crippen molar-refractivity contribution in [1.29, 1.82) is 5.26 Å². The van der Waals surface area contributed by atoms with Crippen LogP contribution in [0.1, 0.15) is 51.0 Å². The largest absolute Gasteiger partial charge is 0.679 e. The Bertz CT molecular complexity index is 851. The zero-order valence-corrected chi connectivity index (χ0v) is 20.6. The molecule has 0 spiro atoms. The van der Waals surface area contributed by atoms with E-state index in [2.05, 4.69) is 24.8 Å². The summed E-state index contributed by atoms with van der Waals surface area (Å²) in [5.41, 5.74) is 1.50. The molecule has 1 aliphatic heterocycles. The fourth-order valence-electron chi connectivity index (χ4n) is 4.13. The molecule has 1 fully saturated rings. The molecule has 2 atom stereocenters. The number of hydrogen-bond donors (Lipinski definition) is 1. The first-order valence-corrected chi connectivity index (χ1v) is 12.5. The molecule has 1 aliphatic carbocycles. The van der Waals surface area contributed by atoms with Crippen LogP contribution in [0.4, 0.5) is 11.4 Å². The summed E-state index contributed by atoms with van der Waals surface area (Å²) in [6, 6.07) is 5.04. The van der Waals surface area contributed by atoms with Crippen LogP contribution in [0.2, 0.25) is 0 Å². The molecule has 6 nitrogen and oxygen atoms in total. The minimum Gasteiger partial charge on any atom is -0.679 e. The van der Waals surface area contributed by atoms with Gasteiger partial charge in [-0.3, -0.25) is 0 Å². The van der Waals surface area contributed by atoms with Crippen molar-refractivity contribution in [3.63, 3.8) is 0 Å². The molecule has 9 heteroatoms. The second-order valence-corrected chi connectivity index (χ2v) is 10.9. The molecule has 0 bridgehead atoms. The van der Waals surface area contributed by atoms with Crippen LogP contribution in [0.15, 0.2) is 17.0 Å². The second-order valence-electron chi connectivity index (χ2n) is 7.93. The third-order valence-electron chi connectivity index (χ3n) is 5.84. The van der Waals surface area contributed by atoms with Crippen LogP contribution in [0, 0.1) is 17.2 Å². The zero-order valence-electron chi connectivity index (χ0n) is 16.9. The third kappa shape index (κ3) is 5.34.